The number of nitrogens with one attached hydrogen (secondary N) is 3. The first-order valence-corrected chi connectivity index (χ1v) is 27.5. The molecule has 0 radical (unpaired) electrons. The molecule has 7 aliphatic rings. The number of benzene rings is 3. The zero-order valence-corrected chi connectivity index (χ0v) is 45.0. The number of likely N-dealkylation sites (tertiary alicyclic amines) is 1. The first-order chi connectivity index (χ1) is 35.4. The minimum absolute atomic E-state index is 0.0559. The van der Waals surface area contributed by atoms with E-state index in [2.05, 4.69) is 64.2 Å². The van der Waals surface area contributed by atoms with Crippen LogP contribution < -0.4 is 10.6 Å². The van der Waals surface area contributed by atoms with Crippen LogP contribution in [0.5, 0.6) is 0 Å². The van der Waals surface area contributed by atoms with Gasteiger partial charge < -0.3 is 40.0 Å². The van der Waals surface area contributed by atoms with Crippen LogP contribution in [0.1, 0.15) is 82.4 Å². The highest BCUT2D eigenvalue weighted by atomic mass is 79.9. The molecule has 6 aliphatic heterocycles. The number of rotatable bonds is 10. The Morgan fingerprint density at radius 3 is 2.49 bits per heavy atom. The second-order valence-electron chi connectivity index (χ2n) is 22.1. The largest absolute Gasteiger partial charge is 0.349 e. The predicted octanol–water partition coefficient (Wildman–Crippen LogP) is 7.82. The average Bonchev–Trinajstić information content (AvgIpc) is 4.24. The number of aliphatic hydroxyl groups is 1. The van der Waals surface area contributed by atoms with Gasteiger partial charge in [0, 0.05) is 84.4 Å². The Labute approximate surface area is 444 Å². The van der Waals surface area contributed by atoms with Gasteiger partial charge in [0.25, 0.3) is 11.8 Å². The molecule has 3 aromatic carbocycles. The van der Waals surface area contributed by atoms with Crippen molar-refractivity contribution in [3.05, 3.63) is 105 Å². The normalized spacial score (nSPS) is 27.2. The molecule has 5 amide bonds. The fraction of sp³-hybridized carbons (Fsp3) is 0.500. The third-order valence-corrected chi connectivity index (χ3v) is 17.7. The number of nitrogens with zero attached hydrogens (tertiary/aromatic N) is 6. The number of piperazine rings is 1. The van der Waals surface area contributed by atoms with Gasteiger partial charge >= 0.3 is 6.03 Å². The van der Waals surface area contributed by atoms with Crippen LogP contribution >= 0.6 is 27.5 Å². The van der Waals surface area contributed by atoms with Crippen molar-refractivity contribution in [1.82, 2.24) is 44.7 Å². The SMILES string of the molecule is CC(C)C[C@H]1C(=O)N2CCC[C@H]2[C@]2(O)O[C@](NC(=O)[C@@H]3C=C4c5cccc6[nH]c(Br)c(c56)C[C@H]4N(C)C3)(C(C)C)C(=O)N12.O=C1NCCN1CCN1CCC(c2cn(-c3ccc(F)cc3)c3ccc(Cl)cc23)CC1. The maximum atomic E-state index is 14.4. The van der Waals surface area contributed by atoms with Crippen LogP contribution in [0.3, 0.4) is 0 Å². The Balaban J connectivity index is 0.000000168. The van der Waals surface area contributed by atoms with Crippen molar-refractivity contribution < 1.29 is 33.4 Å². The van der Waals surface area contributed by atoms with E-state index in [9.17, 15) is 28.7 Å². The topological polar surface area (TPSA) is 159 Å². The standard InChI is InChI=1S/C32H40BrN5O5.C24H26ClFN4O/c1-16(2)12-24-29(40)37-11-7-10-25(37)32(42)38(24)30(41)31(43-32,17(3)4)35-28(39)18-13-20-19-8-6-9-22-26(19)21(27(33)34-22)14-23(20)36(5)15-18;25-18-1-6-23-21(15-18)22(16-30(23)20-4-2-19(26)3-5-20)17-7-10-28(11-8-17)13-14-29-12-9-27-24(29)31/h6,8-9,13,16-18,23-25,34,42H,7,10-12,14-15H2,1-5H3,(H,35,39);1-6,15-17H,7-14H2,(H,27,31)/t18-,23-,24+,25+,31-,32+;/m1./s1. The minimum atomic E-state index is -2.01. The molecule has 0 spiro atoms. The number of aromatic amines is 1. The molecule has 2 aromatic heterocycles. The van der Waals surface area contributed by atoms with Crippen molar-refractivity contribution in [2.75, 3.05) is 59.4 Å². The molecule has 4 N–H and O–H groups in total. The summed E-state index contributed by atoms with van der Waals surface area (Å²) in [5.74, 6) is -3.80. The highest BCUT2D eigenvalue weighted by molar-refractivity contribution is 9.10. The third-order valence-electron chi connectivity index (χ3n) is 16.8. The lowest BCUT2D eigenvalue weighted by Gasteiger charge is -2.49. The molecule has 392 valence electrons. The van der Waals surface area contributed by atoms with E-state index >= 15 is 0 Å². The lowest BCUT2D eigenvalue weighted by atomic mass is 9.79. The Hall–Kier alpha value is -5.30. The van der Waals surface area contributed by atoms with E-state index in [1.165, 1.54) is 38.9 Å². The number of amides is 5. The van der Waals surface area contributed by atoms with E-state index in [0.29, 0.717) is 31.8 Å². The van der Waals surface area contributed by atoms with Crippen molar-refractivity contribution in [2.45, 2.75) is 102 Å². The zero-order chi connectivity index (χ0) is 52.0. The van der Waals surface area contributed by atoms with Gasteiger partial charge in [0.2, 0.25) is 17.5 Å². The number of carbonyl (C=O) groups is 4. The lowest BCUT2D eigenvalue weighted by molar-refractivity contribution is -0.322. The predicted molar refractivity (Wildman–Crippen MR) is 286 cm³/mol. The van der Waals surface area contributed by atoms with Gasteiger partial charge in [-0.05, 0) is 157 Å². The summed E-state index contributed by atoms with van der Waals surface area (Å²) in [4.78, 5) is 66.9. The number of carbonyl (C=O) groups excluding carboxylic acids is 4. The fourth-order valence-corrected chi connectivity index (χ4v) is 13.7. The summed E-state index contributed by atoms with van der Waals surface area (Å²) in [6.45, 7) is 13.9. The van der Waals surface area contributed by atoms with Crippen molar-refractivity contribution >= 4 is 78.7 Å². The molecule has 0 unspecified atom stereocenters. The lowest BCUT2D eigenvalue weighted by Crippen LogP contribution is -2.71. The van der Waals surface area contributed by atoms with E-state index in [1.807, 2.05) is 68.3 Å². The molecular formula is C56H66BrClFN9O6. The van der Waals surface area contributed by atoms with E-state index in [0.717, 1.165) is 102 Å². The highest BCUT2D eigenvalue weighted by Crippen LogP contribution is 2.49. The van der Waals surface area contributed by atoms with Crippen LogP contribution in [0, 0.1) is 23.6 Å². The van der Waals surface area contributed by atoms with E-state index in [4.69, 9.17) is 16.3 Å². The number of hydrogen-bond donors (Lipinski definition) is 4. The molecule has 0 saturated carbocycles. The van der Waals surface area contributed by atoms with Crippen molar-refractivity contribution in [3.63, 3.8) is 0 Å². The van der Waals surface area contributed by atoms with Gasteiger partial charge in [0.15, 0.2) is 0 Å². The van der Waals surface area contributed by atoms with Gasteiger partial charge in [-0.3, -0.25) is 28.9 Å². The zero-order valence-electron chi connectivity index (χ0n) is 42.7. The minimum Gasteiger partial charge on any atom is -0.349 e. The van der Waals surface area contributed by atoms with Gasteiger partial charge in [-0.25, -0.2) is 9.18 Å². The number of ether oxygens (including phenoxy) is 1. The summed E-state index contributed by atoms with van der Waals surface area (Å²) in [5, 5.41) is 21.1. The number of fused-ring (bicyclic) bond motifs is 6. The maximum Gasteiger partial charge on any atom is 0.317 e. The molecule has 18 heteroatoms. The molecule has 8 heterocycles. The number of H-pyrrole nitrogens is 1. The number of aromatic nitrogens is 2. The van der Waals surface area contributed by atoms with Crippen molar-refractivity contribution in [2.24, 2.45) is 17.8 Å². The van der Waals surface area contributed by atoms with Crippen LogP contribution in [0.4, 0.5) is 9.18 Å². The molecule has 15 nitrogen and oxygen atoms in total. The molecule has 74 heavy (non-hydrogen) atoms. The summed E-state index contributed by atoms with van der Waals surface area (Å²) >= 11 is 10.0. The van der Waals surface area contributed by atoms with Crippen molar-refractivity contribution in [1.29, 1.82) is 0 Å². The molecular weight excluding hydrogens is 1030 g/mol. The molecule has 12 rings (SSSR count). The molecule has 0 bridgehead atoms. The van der Waals surface area contributed by atoms with E-state index in [-0.39, 0.29) is 35.6 Å². The number of hydrogen-bond acceptors (Lipinski definition) is 8. The van der Waals surface area contributed by atoms with E-state index in [1.54, 1.807) is 18.7 Å². The van der Waals surface area contributed by atoms with Gasteiger partial charge in [-0.2, -0.15) is 0 Å². The van der Waals surface area contributed by atoms with E-state index < -0.39 is 41.5 Å². The average molecular weight is 1100 g/mol. The van der Waals surface area contributed by atoms with Gasteiger partial charge in [-0.15, -0.1) is 0 Å². The van der Waals surface area contributed by atoms with Crippen LogP contribution in [0.2, 0.25) is 5.02 Å². The Bertz CT molecular complexity index is 3060. The van der Waals surface area contributed by atoms with Gasteiger partial charge in [-0.1, -0.05) is 57.5 Å². The molecule has 6 atom stereocenters. The quantitative estimate of drug-likeness (QED) is 0.110. The molecule has 5 aromatic rings. The Kier molecular flexibility index (Phi) is 13.5. The smallest absolute Gasteiger partial charge is 0.317 e. The first-order valence-electron chi connectivity index (χ1n) is 26.4. The van der Waals surface area contributed by atoms with Crippen molar-refractivity contribution in [3.8, 4) is 5.69 Å². The second-order valence-corrected chi connectivity index (χ2v) is 23.3. The number of likely N-dealkylation sites (N-methyl/N-ethyl adjacent to an activating group) is 1. The fourth-order valence-electron chi connectivity index (χ4n) is 13.0. The second kappa shape index (κ2) is 19.7. The van der Waals surface area contributed by atoms with Crippen LogP contribution in [0.15, 0.2) is 77.5 Å². The highest BCUT2D eigenvalue weighted by Gasteiger charge is 2.72. The van der Waals surface area contributed by atoms with Gasteiger partial charge in [0.1, 0.15) is 17.9 Å². The number of halogens is 3. The Morgan fingerprint density at radius 1 is 1.00 bits per heavy atom. The van der Waals surface area contributed by atoms with Crippen LogP contribution in [-0.2, 0) is 25.5 Å². The number of urea groups is 1. The summed E-state index contributed by atoms with van der Waals surface area (Å²) < 4.78 is 23.0. The number of piperidine rings is 1. The Morgan fingerprint density at radius 2 is 1.77 bits per heavy atom. The summed E-state index contributed by atoms with van der Waals surface area (Å²) in [6, 6.07) is 17.4. The maximum absolute atomic E-state index is 14.4. The molecule has 1 aliphatic carbocycles. The molecule has 5 saturated heterocycles. The molecule has 5 fully saturated rings. The first kappa shape index (κ1) is 50.8. The summed E-state index contributed by atoms with van der Waals surface area (Å²) in [6.07, 6.45) is 8.83. The van der Waals surface area contributed by atoms with Crippen LogP contribution in [0.25, 0.3) is 33.1 Å². The summed E-state index contributed by atoms with van der Waals surface area (Å²) in [7, 11) is 2.03. The summed E-state index contributed by atoms with van der Waals surface area (Å²) in [5.41, 5.74) is 6.02. The van der Waals surface area contributed by atoms with Gasteiger partial charge in [0.05, 0.1) is 16.0 Å². The third kappa shape index (κ3) is 8.72. The monoisotopic (exact) mass is 1090 g/mol. The van der Waals surface area contributed by atoms with Crippen LogP contribution in [-0.4, -0.2) is 152 Å².